The van der Waals surface area contributed by atoms with Crippen LogP contribution >= 0.6 is 11.6 Å². The summed E-state index contributed by atoms with van der Waals surface area (Å²) in [5.74, 6) is 0.652. The number of aromatic nitrogens is 1. The van der Waals surface area contributed by atoms with Crippen LogP contribution in [-0.2, 0) is 6.54 Å². The van der Waals surface area contributed by atoms with Gasteiger partial charge < -0.3 is 5.32 Å². The lowest BCUT2D eigenvalue weighted by atomic mass is 10.2. The molecule has 0 unspecified atom stereocenters. The largest absolute Gasteiger partial charge is 0.311 e. The molecular formula is C9H13ClN2. The highest BCUT2D eigenvalue weighted by atomic mass is 35.5. The van der Waals surface area contributed by atoms with Crippen molar-refractivity contribution in [2.24, 2.45) is 0 Å². The maximum atomic E-state index is 5.52. The van der Waals surface area contributed by atoms with Crippen molar-refractivity contribution in [3.05, 3.63) is 29.6 Å². The molecule has 0 radical (unpaired) electrons. The van der Waals surface area contributed by atoms with Gasteiger partial charge in [-0.1, -0.05) is 6.07 Å². The first-order valence-corrected chi connectivity index (χ1v) is 4.53. The van der Waals surface area contributed by atoms with Crippen LogP contribution in [0.3, 0.4) is 0 Å². The highest BCUT2D eigenvalue weighted by molar-refractivity contribution is 6.18. The minimum absolute atomic E-state index is 0.652. The first-order chi connectivity index (χ1) is 5.83. The molecule has 1 N–H and O–H groups in total. The van der Waals surface area contributed by atoms with Crippen molar-refractivity contribution in [1.29, 1.82) is 0 Å². The normalized spacial score (nSPS) is 10.2. The van der Waals surface area contributed by atoms with Gasteiger partial charge in [-0.25, -0.2) is 0 Å². The van der Waals surface area contributed by atoms with Gasteiger partial charge in [0.15, 0.2) is 0 Å². The summed E-state index contributed by atoms with van der Waals surface area (Å²) in [6, 6.07) is 2.12. The zero-order valence-electron chi connectivity index (χ0n) is 7.18. The van der Waals surface area contributed by atoms with Crippen LogP contribution < -0.4 is 5.32 Å². The lowest BCUT2D eigenvalue weighted by Gasteiger charge is -2.02. The topological polar surface area (TPSA) is 24.9 Å². The molecule has 0 fully saturated rings. The standard InChI is InChI=1S/C9H13ClN2/c1-8-4-9(7-12-5-8)6-11-3-2-10/h4-5,7,11H,2-3,6H2,1H3. The molecule has 0 bridgehead atoms. The Kier molecular flexibility index (Phi) is 4.05. The van der Waals surface area contributed by atoms with Crippen molar-refractivity contribution in [3.63, 3.8) is 0 Å². The van der Waals surface area contributed by atoms with Gasteiger partial charge in [0.1, 0.15) is 0 Å². The molecular weight excluding hydrogens is 172 g/mol. The predicted molar refractivity (Wildman–Crippen MR) is 51.4 cm³/mol. The fourth-order valence-electron chi connectivity index (χ4n) is 1.01. The molecule has 0 aliphatic carbocycles. The number of nitrogens with zero attached hydrogens (tertiary/aromatic N) is 1. The molecule has 0 spiro atoms. The molecule has 0 aliphatic heterocycles. The summed E-state index contributed by atoms with van der Waals surface area (Å²) in [6.07, 6.45) is 3.72. The second-order valence-electron chi connectivity index (χ2n) is 2.74. The number of hydrogen-bond donors (Lipinski definition) is 1. The molecule has 0 saturated carbocycles. The van der Waals surface area contributed by atoms with E-state index in [4.69, 9.17) is 11.6 Å². The van der Waals surface area contributed by atoms with Gasteiger partial charge >= 0.3 is 0 Å². The third kappa shape index (κ3) is 3.20. The molecule has 1 aromatic rings. The number of rotatable bonds is 4. The fourth-order valence-corrected chi connectivity index (χ4v) is 1.15. The van der Waals surface area contributed by atoms with Gasteiger partial charge in [0.2, 0.25) is 0 Å². The first-order valence-electron chi connectivity index (χ1n) is 4.00. The van der Waals surface area contributed by atoms with Gasteiger partial charge in [0.05, 0.1) is 0 Å². The Balaban J connectivity index is 2.41. The van der Waals surface area contributed by atoms with Crippen LogP contribution in [0.25, 0.3) is 0 Å². The monoisotopic (exact) mass is 184 g/mol. The van der Waals surface area contributed by atoms with Crippen molar-refractivity contribution in [2.45, 2.75) is 13.5 Å². The highest BCUT2D eigenvalue weighted by Gasteiger charge is 1.92. The summed E-state index contributed by atoms with van der Waals surface area (Å²) in [5.41, 5.74) is 2.40. The third-order valence-corrected chi connectivity index (χ3v) is 1.72. The average Bonchev–Trinajstić information content (AvgIpc) is 2.05. The second kappa shape index (κ2) is 5.12. The zero-order valence-corrected chi connectivity index (χ0v) is 7.93. The van der Waals surface area contributed by atoms with Crippen molar-refractivity contribution < 1.29 is 0 Å². The summed E-state index contributed by atoms with van der Waals surface area (Å²) < 4.78 is 0. The van der Waals surface area contributed by atoms with E-state index in [1.54, 1.807) is 0 Å². The predicted octanol–water partition coefficient (Wildman–Crippen LogP) is 1.72. The quantitative estimate of drug-likeness (QED) is 0.570. The van der Waals surface area contributed by atoms with Gasteiger partial charge in [0, 0.05) is 31.4 Å². The Morgan fingerprint density at radius 1 is 1.50 bits per heavy atom. The Hall–Kier alpha value is -0.600. The smallest absolute Gasteiger partial charge is 0.0348 e. The van der Waals surface area contributed by atoms with E-state index in [0.717, 1.165) is 13.1 Å². The number of alkyl halides is 1. The Morgan fingerprint density at radius 2 is 2.33 bits per heavy atom. The first kappa shape index (κ1) is 9.49. The summed E-state index contributed by atoms with van der Waals surface area (Å²) in [6.45, 7) is 3.73. The summed E-state index contributed by atoms with van der Waals surface area (Å²) >= 11 is 5.52. The van der Waals surface area contributed by atoms with E-state index in [0.29, 0.717) is 5.88 Å². The summed E-state index contributed by atoms with van der Waals surface area (Å²) in [5, 5.41) is 3.21. The Labute approximate surface area is 78.0 Å². The number of nitrogens with one attached hydrogen (secondary N) is 1. The molecule has 12 heavy (non-hydrogen) atoms. The van der Waals surface area contributed by atoms with Gasteiger partial charge in [-0.05, 0) is 18.1 Å². The molecule has 1 aromatic heterocycles. The molecule has 0 amide bonds. The van der Waals surface area contributed by atoms with Crippen LogP contribution in [0, 0.1) is 6.92 Å². The van der Waals surface area contributed by atoms with Crippen LogP contribution in [0.2, 0.25) is 0 Å². The molecule has 0 aromatic carbocycles. The molecule has 66 valence electrons. The molecule has 0 aliphatic rings. The van der Waals surface area contributed by atoms with E-state index in [-0.39, 0.29) is 0 Å². The van der Waals surface area contributed by atoms with Crippen molar-refractivity contribution in [3.8, 4) is 0 Å². The SMILES string of the molecule is Cc1cncc(CNCCCl)c1. The van der Waals surface area contributed by atoms with Gasteiger partial charge in [-0.15, -0.1) is 11.6 Å². The maximum absolute atomic E-state index is 5.52. The van der Waals surface area contributed by atoms with Crippen LogP contribution in [0.5, 0.6) is 0 Å². The van der Waals surface area contributed by atoms with E-state index in [1.807, 2.05) is 19.3 Å². The minimum atomic E-state index is 0.652. The molecule has 2 nitrogen and oxygen atoms in total. The number of hydrogen-bond acceptors (Lipinski definition) is 2. The Morgan fingerprint density at radius 3 is 3.00 bits per heavy atom. The van der Waals surface area contributed by atoms with Gasteiger partial charge in [-0.2, -0.15) is 0 Å². The Bertz CT molecular complexity index is 238. The molecule has 3 heteroatoms. The lowest BCUT2D eigenvalue weighted by molar-refractivity contribution is 0.727. The fraction of sp³-hybridized carbons (Fsp3) is 0.444. The third-order valence-electron chi connectivity index (χ3n) is 1.53. The molecule has 0 atom stereocenters. The van der Waals surface area contributed by atoms with E-state index in [1.165, 1.54) is 11.1 Å². The van der Waals surface area contributed by atoms with Gasteiger partial charge in [0.25, 0.3) is 0 Å². The lowest BCUT2D eigenvalue weighted by Crippen LogP contribution is -2.15. The number of aryl methyl sites for hydroxylation is 1. The molecule has 0 saturated heterocycles. The summed E-state index contributed by atoms with van der Waals surface area (Å²) in [4.78, 5) is 4.09. The second-order valence-corrected chi connectivity index (χ2v) is 3.11. The average molecular weight is 185 g/mol. The molecule has 1 rings (SSSR count). The maximum Gasteiger partial charge on any atom is 0.0348 e. The highest BCUT2D eigenvalue weighted by Crippen LogP contribution is 1.99. The van der Waals surface area contributed by atoms with Crippen molar-refractivity contribution >= 4 is 11.6 Å². The number of pyridine rings is 1. The van der Waals surface area contributed by atoms with Crippen molar-refractivity contribution in [2.75, 3.05) is 12.4 Å². The number of halogens is 1. The van der Waals surface area contributed by atoms with Crippen LogP contribution in [0.1, 0.15) is 11.1 Å². The summed E-state index contributed by atoms with van der Waals surface area (Å²) in [7, 11) is 0. The zero-order chi connectivity index (χ0) is 8.81. The van der Waals surface area contributed by atoms with E-state index in [2.05, 4.69) is 16.4 Å². The van der Waals surface area contributed by atoms with Crippen LogP contribution in [-0.4, -0.2) is 17.4 Å². The van der Waals surface area contributed by atoms with E-state index < -0.39 is 0 Å². The van der Waals surface area contributed by atoms with Crippen molar-refractivity contribution in [1.82, 2.24) is 10.3 Å². The minimum Gasteiger partial charge on any atom is -0.311 e. The van der Waals surface area contributed by atoms with Crippen LogP contribution in [0.15, 0.2) is 18.5 Å². The van der Waals surface area contributed by atoms with Crippen LogP contribution in [0.4, 0.5) is 0 Å². The van der Waals surface area contributed by atoms with Gasteiger partial charge in [-0.3, -0.25) is 4.98 Å². The van der Waals surface area contributed by atoms with E-state index >= 15 is 0 Å². The van der Waals surface area contributed by atoms with E-state index in [9.17, 15) is 0 Å². The molecule has 1 heterocycles.